The Morgan fingerprint density at radius 2 is 1.76 bits per heavy atom. The van der Waals surface area contributed by atoms with Crippen molar-refractivity contribution in [2.24, 2.45) is 10.8 Å². The number of hydrogen-bond donors (Lipinski definition) is 2. The summed E-state index contributed by atoms with van der Waals surface area (Å²) in [5.74, 6) is 0. The van der Waals surface area contributed by atoms with Crippen molar-refractivity contribution in [3.8, 4) is 18.2 Å². The first-order valence-corrected chi connectivity index (χ1v) is 6.31. The first kappa shape index (κ1) is 18.8. The monoisotopic (exact) mass is 360 g/mol. The van der Waals surface area contributed by atoms with Crippen LogP contribution in [0.3, 0.4) is 0 Å². The second-order valence-corrected chi connectivity index (χ2v) is 4.44. The molecule has 0 radical (unpaired) electrons. The van der Waals surface area contributed by atoms with Crippen LogP contribution in [0.15, 0.2) is 28.5 Å². The molecule has 0 bridgehead atoms. The lowest BCUT2D eigenvalue weighted by atomic mass is 10.2. The molecular formula is C12H5ClN8O4. The maximum absolute atomic E-state index is 11.0. The normalized spacial score (nSPS) is 9.92. The predicted molar refractivity (Wildman–Crippen MR) is 83.9 cm³/mol. The average Bonchev–Trinajstić information content (AvgIpc) is 2.56. The van der Waals surface area contributed by atoms with Crippen molar-refractivity contribution in [1.29, 1.82) is 15.8 Å². The lowest BCUT2D eigenvalue weighted by Crippen LogP contribution is -2.14. The Hall–Kier alpha value is -4.21. The van der Waals surface area contributed by atoms with E-state index in [2.05, 4.69) is 10.5 Å². The maximum Gasteiger partial charge on any atom is 0.302 e. The number of halogens is 1. The van der Waals surface area contributed by atoms with E-state index >= 15 is 0 Å². The van der Waals surface area contributed by atoms with Gasteiger partial charge >= 0.3 is 5.69 Å². The molecule has 13 heteroatoms. The van der Waals surface area contributed by atoms with Gasteiger partial charge in [0.15, 0.2) is 17.0 Å². The Bertz CT molecular complexity index is 932. The van der Waals surface area contributed by atoms with Crippen molar-refractivity contribution in [2.75, 3.05) is 5.43 Å². The zero-order valence-corrected chi connectivity index (χ0v) is 12.7. The van der Waals surface area contributed by atoms with E-state index in [1.807, 2.05) is 0 Å². The number of nitriles is 3. The highest BCUT2D eigenvalue weighted by molar-refractivity contribution is 6.34. The van der Waals surface area contributed by atoms with Gasteiger partial charge in [-0.3, -0.25) is 25.7 Å². The Kier molecular flexibility index (Phi) is 5.93. The van der Waals surface area contributed by atoms with E-state index < -0.39 is 48.9 Å². The van der Waals surface area contributed by atoms with Crippen LogP contribution in [0.1, 0.15) is 0 Å². The molecule has 0 aliphatic rings. The molecule has 0 aliphatic carbocycles. The molecule has 1 rings (SSSR count). The molecule has 0 spiro atoms. The van der Waals surface area contributed by atoms with Crippen LogP contribution < -0.4 is 11.2 Å². The summed E-state index contributed by atoms with van der Waals surface area (Å²) in [6, 6.07) is 5.88. The number of nitro benzene ring substituents is 2. The van der Waals surface area contributed by atoms with E-state index in [4.69, 9.17) is 33.1 Å². The van der Waals surface area contributed by atoms with E-state index in [0.29, 0.717) is 6.07 Å². The van der Waals surface area contributed by atoms with Crippen LogP contribution in [0.2, 0.25) is 5.02 Å². The Labute approximate surface area is 143 Å². The lowest BCUT2D eigenvalue weighted by molar-refractivity contribution is -0.393. The van der Waals surface area contributed by atoms with Crippen LogP contribution in [0.5, 0.6) is 0 Å². The van der Waals surface area contributed by atoms with Gasteiger partial charge in [-0.25, -0.2) is 0 Å². The number of nitrogens with one attached hydrogen (secondary N) is 1. The SMILES string of the molecule is N#CC(=NNc1c(Cl)cc([N+](=O)[O-])cc1[N+](=O)[O-])C(N)=C(C#N)C#N. The summed E-state index contributed by atoms with van der Waals surface area (Å²) in [4.78, 5) is 20.0. The summed E-state index contributed by atoms with van der Waals surface area (Å²) in [6.45, 7) is 0. The molecule has 0 fully saturated rings. The van der Waals surface area contributed by atoms with E-state index in [0.717, 1.165) is 6.07 Å². The van der Waals surface area contributed by atoms with Gasteiger partial charge in [-0.1, -0.05) is 11.6 Å². The van der Waals surface area contributed by atoms with E-state index in [-0.39, 0.29) is 0 Å². The van der Waals surface area contributed by atoms with E-state index in [1.165, 1.54) is 18.2 Å². The molecule has 0 amide bonds. The first-order valence-electron chi connectivity index (χ1n) is 5.93. The van der Waals surface area contributed by atoms with Gasteiger partial charge in [-0.2, -0.15) is 20.9 Å². The van der Waals surface area contributed by atoms with E-state index in [9.17, 15) is 20.2 Å². The van der Waals surface area contributed by atoms with Crippen LogP contribution in [0.25, 0.3) is 0 Å². The topological polar surface area (TPSA) is 208 Å². The predicted octanol–water partition coefficient (Wildman–Crippen LogP) is 1.71. The summed E-state index contributed by atoms with van der Waals surface area (Å²) in [7, 11) is 0. The zero-order chi connectivity index (χ0) is 19.1. The number of nitrogens with zero attached hydrogens (tertiary/aromatic N) is 6. The van der Waals surface area contributed by atoms with Gasteiger partial charge in [0.2, 0.25) is 0 Å². The molecule has 1 aromatic rings. The molecule has 0 aliphatic heterocycles. The minimum absolute atomic E-state index is 0.412. The van der Waals surface area contributed by atoms with Gasteiger partial charge < -0.3 is 5.73 Å². The minimum atomic E-state index is -0.946. The first-order chi connectivity index (χ1) is 11.8. The largest absolute Gasteiger partial charge is 0.395 e. The van der Waals surface area contributed by atoms with Crippen LogP contribution in [-0.4, -0.2) is 15.6 Å². The van der Waals surface area contributed by atoms with Crippen LogP contribution in [0, 0.1) is 54.2 Å². The zero-order valence-electron chi connectivity index (χ0n) is 11.9. The molecule has 0 saturated heterocycles. The van der Waals surface area contributed by atoms with Gasteiger partial charge in [-0.05, 0) is 0 Å². The molecule has 0 atom stereocenters. The minimum Gasteiger partial charge on any atom is -0.395 e. The van der Waals surface area contributed by atoms with Crippen molar-refractivity contribution in [3.05, 3.63) is 48.7 Å². The van der Waals surface area contributed by atoms with Crippen molar-refractivity contribution in [1.82, 2.24) is 0 Å². The summed E-state index contributed by atoms with van der Waals surface area (Å²) in [6.07, 6.45) is 0. The second-order valence-electron chi connectivity index (χ2n) is 4.03. The molecular weight excluding hydrogens is 356 g/mol. The lowest BCUT2D eigenvalue weighted by Gasteiger charge is -2.06. The second kappa shape index (κ2) is 7.87. The van der Waals surface area contributed by atoms with Crippen molar-refractivity contribution < 1.29 is 9.85 Å². The maximum atomic E-state index is 11.0. The van der Waals surface area contributed by atoms with Crippen LogP contribution >= 0.6 is 11.6 Å². The number of anilines is 1. The van der Waals surface area contributed by atoms with E-state index in [1.54, 1.807) is 0 Å². The summed E-state index contributed by atoms with van der Waals surface area (Å²) in [5.41, 5.74) is 3.95. The standard InChI is InChI=1S/C12H5ClN8O4/c13-8-1-7(20(22)23)2-10(21(24)25)12(8)19-18-9(5-16)11(17)6(3-14)4-15/h1-2,19H,17H2. The quantitative estimate of drug-likeness (QED) is 0.338. The third-order valence-corrected chi connectivity index (χ3v) is 2.89. The van der Waals surface area contributed by atoms with Crippen LogP contribution in [0.4, 0.5) is 17.1 Å². The van der Waals surface area contributed by atoms with Crippen molar-refractivity contribution in [3.63, 3.8) is 0 Å². The number of nitrogens with two attached hydrogens (primary N) is 1. The molecule has 25 heavy (non-hydrogen) atoms. The third-order valence-electron chi connectivity index (χ3n) is 2.60. The molecule has 0 saturated carbocycles. The van der Waals surface area contributed by atoms with Crippen LogP contribution in [-0.2, 0) is 0 Å². The Balaban J connectivity index is 3.46. The smallest absolute Gasteiger partial charge is 0.302 e. The Morgan fingerprint density at radius 1 is 1.16 bits per heavy atom. The summed E-state index contributed by atoms with van der Waals surface area (Å²) in [5, 5.41) is 51.2. The summed E-state index contributed by atoms with van der Waals surface area (Å²) >= 11 is 5.77. The van der Waals surface area contributed by atoms with Gasteiger partial charge in [0.25, 0.3) is 5.69 Å². The molecule has 0 heterocycles. The number of nitro groups is 2. The van der Waals surface area contributed by atoms with Gasteiger partial charge in [0.05, 0.1) is 26.6 Å². The summed E-state index contributed by atoms with van der Waals surface area (Å²) < 4.78 is 0. The number of allylic oxidation sites excluding steroid dienone is 2. The highest BCUT2D eigenvalue weighted by atomic mass is 35.5. The number of non-ortho nitro benzene ring substituents is 1. The average molecular weight is 361 g/mol. The highest BCUT2D eigenvalue weighted by Crippen LogP contribution is 2.36. The molecule has 0 unspecified atom stereocenters. The fraction of sp³-hybridized carbons (Fsp3) is 0. The molecule has 124 valence electrons. The van der Waals surface area contributed by atoms with Gasteiger partial charge in [-0.15, -0.1) is 0 Å². The number of hydrazone groups is 1. The fourth-order valence-corrected chi connectivity index (χ4v) is 1.71. The van der Waals surface area contributed by atoms with Gasteiger partial charge in [0.1, 0.15) is 18.2 Å². The fourth-order valence-electron chi connectivity index (χ4n) is 1.46. The molecule has 12 nitrogen and oxygen atoms in total. The third kappa shape index (κ3) is 4.16. The van der Waals surface area contributed by atoms with Gasteiger partial charge in [0, 0.05) is 6.07 Å². The molecule has 0 aromatic heterocycles. The van der Waals surface area contributed by atoms with Crippen molar-refractivity contribution >= 4 is 34.4 Å². The number of rotatable bonds is 5. The van der Waals surface area contributed by atoms with Crippen molar-refractivity contribution in [2.45, 2.75) is 0 Å². The number of benzene rings is 1. The Morgan fingerprint density at radius 3 is 2.20 bits per heavy atom. The number of hydrogen-bond acceptors (Lipinski definition) is 10. The molecule has 3 N–H and O–H groups in total. The highest BCUT2D eigenvalue weighted by Gasteiger charge is 2.23. The molecule has 1 aromatic carbocycles.